The van der Waals surface area contributed by atoms with Crippen molar-refractivity contribution in [2.45, 2.75) is 25.3 Å². The summed E-state index contributed by atoms with van der Waals surface area (Å²) in [6.45, 7) is 2.07. The number of hydrogen-bond donors (Lipinski definition) is 1. The predicted molar refractivity (Wildman–Crippen MR) is 35.9 cm³/mol. The van der Waals surface area contributed by atoms with Crippen molar-refractivity contribution in [1.82, 2.24) is 0 Å². The van der Waals surface area contributed by atoms with Gasteiger partial charge in [0.15, 0.2) is 0 Å². The van der Waals surface area contributed by atoms with Crippen LogP contribution in [0.25, 0.3) is 0 Å². The number of halogens is 1. The van der Waals surface area contributed by atoms with Gasteiger partial charge >= 0.3 is 0 Å². The van der Waals surface area contributed by atoms with Crippen molar-refractivity contribution in [3.63, 3.8) is 0 Å². The van der Waals surface area contributed by atoms with E-state index in [4.69, 9.17) is 16.7 Å². The van der Waals surface area contributed by atoms with Gasteiger partial charge in [-0.15, -0.1) is 0 Å². The molecule has 0 amide bonds. The highest BCUT2D eigenvalue weighted by atomic mass is 35.5. The molecule has 0 aliphatic heterocycles. The lowest BCUT2D eigenvalue weighted by Gasteiger charge is -1.88. The van der Waals surface area contributed by atoms with Gasteiger partial charge < -0.3 is 5.11 Å². The minimum absolute atomic E-state index is 0.804. The van der Waals surface area contributed by atoms with Crippen molar-refractivity contribution in [2.75, 3.05) is 0 Å². The lowest BCUT2D eigenvalue weighted by Crippen LogP contribution is -1.85. The van der Waals surface area contributed by atoms with E-state index in [2.05, 4.69) is 6.92 Å². The molecule has 0 aromatic carbocycles. The van der Waals surface area contributed by atoms with Crippen LogP contribution in [0.5, 0.6) is 0 Å². The maximum atomic E-state index is 8.46. The van der Waals surface area contributed by atoms with Crippen molar-refractivity contribution in [2.24, 2.45) is 0 Å². The summed E-state index contributed by atoms with van der Waals surface area (Å²) in [5.41, 5.74) is -0.804. The number of aliphatic hydroxyl groups is 1. The largest absolute Gasteiger partial charge is 0.374 e. The third kappa shape index (κ3) is 5.99. The SMILES string of the molecule is CCCC=CC(O)Cl. The minimum atomic E-state index is -0.804. The molecular weight excluding hydrogens is 124 g/mol. The van der Waals surface area contributed by atoms with E-state index < -0.39 is 5.56 Å². The van der Waals surface area contributed by atoms with E-state index in [1.54, 1.807) is 6.08 Å². The number of rotatable bonds is 3. The summed E-state index contributed by atoms with van der Waals surface area (Å²) in [5, 5.41) is 8.46. The lowest BCUT2D eigenvalue weighted by atomic mass is 10.3. The smallest absolute Gasteiger partial charge is 0.146 e. The summed E-state index contributed by atoms with van der Waals surface area (Å²) >= 11 is 5.18. The highest BCUT2D eigenvalue weighted by Crippen LogP contribution is 1.94. The molecule has 0 aromatic heterocycles. The van der Waals surface area contributed by atoms with Crippen LogP contribution in [0.4, 0.5) is 0 Å². The fourth-order valence-electron chi connectivity index (χ4n) is 0.375. The molecule has 1 atom stereocenters. The first-order valence-corrected chi connectivity index (χ1v) is 3.19. The lowest BCUT2D eigenvalue weighted by molar-refractivity contribution is 0.303. The first kappa shape index (κ1) is 7.99. The molecule has 1 nitrogen and oxygen atoms in total. The Morgan fingerprint density at radius 2 is 2.38 bits per heavy atom. The number of allylic oxidation sites excluding steroid dienone is 1. The molecule has 2 heteroatoms. The van der Waals surface area contributed by atoms with Gasteiger partial charge in [-0.3, -0.25) is 0 Å². The molecule has 48 valence electrons. The van der Waals surface area contributed by atoms with Crippen molar-refractivity contribution in [3.05, 3.63) is 12.2 Å². The van der Waals surface area contributed by atoms with Gasteiger partial charge in [-0.25, -0.2) is 0 Å². The van der Waals surface area contributed by atoms with Crippen LogP contribution in [0.1, 0.15) is 19.8 Å². The molecule has 1 unspecified atom stereocenters. The number of hydrogen-bond acceptors (Lipinski definition) is 1. The Bertz CT molecular complexity index is 68.9. The van der Waals surface area contributed by atoms with Gasteiger partial charge in [0.1, 0.15) is 5.56 Å². The highest BCUT2D eigenvalue weighted by molar-refractivity contribution is 6.20. The number of aliphatic hydroxyl groups excluding tert-OH is 1. The van der Waals surface area contributed by atoms with Crippen LogP contribution in [-0.4, -0.2) is 10.7 Å². The molecule has 0 saturated carbocycles. The first-order valence-electron chi connectivity index (χ1n) is 2.76. The molecule has 0 spiro atoms. The summed E-state index contributed by atoms with van der Waals surface area (Å²) in [6.07, 6.45) is 5.53. The molecule has 0 rings (SSSR count). The van der Waals surface area contributed by atoms with E-state index >= 15 is 0 Å². The normalized spacial score (nSPS) is 14.9. The summed E-state index contributed by atoms with van der Waals surface area (Å²) in [4.78, 5) is 0. The molecule has 1 N–H and O–H groups in total. The Balaban J connectivity index is 3.07. The van der Waals surface area contributed by atoms with Gasteiger partial charge in [-0.1, -0.05) is 31.0 Å². The summed E-state index contributed by atoms with van der Waals surface area (Å²) in [7, 11) is 0. The Morgan fingerprint density at radius 3 is 2.75 bits per heavy atom. The van der Waals surface area contributed by atoms with Crippen LogP contribution < -0.4 is 0 Å². The topological polar surface area (TPSA) is 20.2 Å². The number of alkyl halides is 1. The summed E-state index contributed by atoms with van der Waals surface area (Å²) in [5.74, 6) is 0. The molecule has 0 saturated heterocycles. The Morgan fingerprint density at radius 1 is 1.75 bits per heavy atom. The molecule has 8 heavy (non-hydrogen) atoms. The standard InChI is InChI=1S/C6H11ClO/c1-2-3-4-5-6(7)8/h4-6,8H,2-3H2,1H3. The maximum absolute atomic E-state index is 8.46. The monoisotopic (exact) mass is 134 g/mol. The molecule has 0 radical (unpaired) electrons. The van der Waals surface area contributed by atoms with Gasteiger partial charge in [0.05, 0.1) is 0 Å². The zero-order valence-electron chi connectivity index (χ0n) is 4.97. The predicted octanol–water partition coefficient (Wildman–Crippen LogP) is 1.90. The van der Waals surface area contributed by atoms with E-state index in [1.165, 1.54) is 0 Å². The number of unbranched alkanes of at least 4 members (excludes halogenated alkanes) is 1. The second-order valence-corrected chi connectivity index (χ2v) is 2.04. The van der Waals surface area contributed by atoms with Gasteiger partial charge in [0, 0.05) is 0 Å². The zero-order valence-corrected chi connectivity index (χ0v) is 5.73. The van der Waals surface area contributed by atoms with Gasteiger partial charge in [0.25, 0.3) is 0 Å². The van der Waals surface area contributed by atoms with Crippen LogP contribution >= 0.6 is 11.6 Å². The van der Waals surface area contributed by atoms with E-state index in [-0.39, 0.29) is 0 Å². The molecule has 0 aliphatic rings. The Hall–Kier alpha value is -0.0100. The second kappa shape index (κ2) is 5.13. The fourth-order valence-corrected chi connectivity index (χ4v) is 0.478. The van der Waals surface area contributed by atoms with Crippen LogP contribution in [0.3, 0.4) is 0 Å². The van der Waals surface area contributed by atoms with Crippen LogP contribution in [0.15, 0.2) is 12.2 Å². The average Bonchev–Trinajstić information content (AvgIpc) is 1.66. The van der Waals surface area contributed by atoms with E-state index in [1.807, 2.05) is 6.08 Å². The summed E-state index contributed by atoms with van der Waals surface area (Å²) < 4.78 is 0. The van der Waals surface area contributed by atoms with Gasteiger partial charge in [-0.2, -0.15) is 0 Å². The molecule has 0 aliphatic carbocycles. The van der Waals surface area contributed by atoms with E-state index in [0.29, 0.717) is 0 Å². The average molecular weight is 135 g/mol. The maximum Gasteiger partial charge on any atom is 0.146 e. The summed E-state index contributed by atoms with van der Waals surface area (Å²) in [6, 6.07) is 0. The quantitative estimate of drug-likeness (QED) is 0.462. The van der Waals surface area contributed by atoms with E-state index in [9.17, 15) is 0 Å². The van der Waals surface area contributed by atoms with Crippen molar-refractivity contribution >= 4 is 11.6 Å². The zero-order chi connectivity index (χ0) is 6.41. The van der Waals surface area contributed by atoms with Crippen LogP contribution in [0, 0.1) is 0 Å². The molecule has 0 aromatic rings. The molecule has 0 bridgehead atoms. The third-order valence-electron chi connectivity index (χ3n) is 0.750. The minimum Gasteiger partial charge on any atom is -0.374 e. The fraction of sp³-hybridized carbons (Fsp3) is 0.667. The van der Waals surface area contributed by atoms with Crippen LogP contribution in [-0.2, 0) is 0 Å². The van der Waals surface area contributed by atoms with Gasteiger partial charge in [0.2, 0.25) is 0 Å². The highest BCUT2D eigenvalue weighted by Gasteiger charge is 1.84. The molecule has 0 fully saturated rings. The van der Waals surface area contributed by atoms with Crippen LogP contribution in [0.2, 0.25) is 0 Å². The second-order valence-electron chi connectivity index (χ2n) is 1.59. The molecule has 0 heterocycles. The third-order valence-corrected chi connectivity index (χ3v) is 0.896. The van der Waals surface area contributed by atoms with E-state index in [0.717, 1.165) is 12.8 Å². The molecular formula is C6H11ClO. The van der Waals surface area contributed by atoms with Crippen molar-refractivity contribution < 1.29 is 5.11 Å². The van der Waals surface area contributed by atoms with Crippen molar-refractivity contribution in [3.8, 4) is 0 Å². The Labute approximate surface area is 55.0 Å². The first-order chi connectivity index (χ1) is 3.77. The van der Waals surface area contributed by atoms with Gasteiger partial charge in [-0.05, 0) is 12.5 Å². The van der Waals surface area contributed by atoms with Crippen molar-refractivity contribution in [1.29, 1.82) is 0 Å². The Kier molecular flexibility index (Phi) is 5.13.